The van der Waals surface area contributed by atoms with E-state index in [1.165, 1.54) is 0 Å². The average molecular weight is 370 g/mol. The normalized spacial score (nSPS) is 10.7. The Morgan fingerprint density at radius 3 is 2.65 bits per heavy atom. The maximum absolute atomic E-state index is 12.0. The van der Waals surface area contributed by atoms with E-state index in [2.05, 4.69) is 17.2 Å². The van der Waals surface area contributed by atoms with Crippen LogP contribution >= 0.6 is 11.6 Å². The van der Waals surface area contributed by atoms with E-state index in [1.54, 1.807) is 12.1 Å². The molecular weight excluding hydrogens is 348 g/mol. The van der Waals surface area contributed by atoms with Gasteiger partial charge in [-0.25, -0.2) is 9.78 Å². The number of nitrogens with one attached hydrogen (secondary N) is 2. The molecule has 3 rings (SSSR count). The van der Waals surface area contributed by atoms with Gasteiger partial charge >= 0.3 is 5.97 Å². The molecule has 0 atom stereocenters. The number of ether oxygens (including phenoxy) is 1. The Hall–Kier alpha value is -2.59. The van der Waals surface area contributed by atoms with Crippen LogP contribution in [0.15, 0.2) is 48.5 Å². The number of fused-ring (bicyclic) bond motifs is 1. The zero-order valence-electron chi connectivity index (χ0n) is 14.9. The van der Waals surface area contributed by atoms with Crippen molar-refractivity contribution in [3.8, 4) is 0 Å². The summed E-state index contributed by atoms with van der Waals surface area (Å²) in [4.78, 5) is 15.3. The van der Waals surface area contributed by atoms with Crippen molar-refractivity contribution in [2.75, 3.05) is 11.9 Å². The Morgan fingerprint density at radius 2 is 1.92 bits per heavy atom. The van der Waals surface area contributed by atoms with Crippen molar-refractivity contribution in [1.82, 2.24) is 0 Å². The molecule has 0 unspecified atom stereocenters. The van der Waals surface area contributed by atoms with Gasteiger partial charge in [-0.15, -0.1) is 0 Å². The van der Waals surface area contributed by atoms with Gasteiger partial charge in [0.2, 0.25) is 5.52 Å². The van der Waals surface area contributed by atoms with E-state index in [9.17, 15) is 4.79 Å². The van der Waals surface area contributed by atoms with Gasteiger partial charge in [-0.1, -0.05) is 24.9 Å². The Morgan fingerprint density at radius 1 is 1.15 bits per heavy atom. The highest BCUT2D eigenvalue weighted by molar-refractivity contribution is 6.31. The lowest BCUT2D eigenvalue weighted by molar-refractivity contribution is -0.354. The minimum absolute atomic E-state index is 0.285. The van der Waals surface area contributed by atoms with E-state index in [0.29, 0.717) is 17.2 Å². The van der Waals surface area contributed by atoms with Crippen LogP contribution in [0.5, 0.6) is 0 Å². The number of H-pyrrole nitrogens is 1. The number of carbonyl (C=O) groups excluding carboxylic acids is 1. The average Bonchev–Trinajstić information content (AvgIpc) is 2.63. The third-order valence-electron chi connectivity index (χ3n) is 4.10. The number of anilines is 2. The molecule has 0 aliphatic rings. The molecule has 2 N–H and O–H groups in total. The summed E-state index contributed by atoms with van der Waals surface area (Å²) in [6, 6.07) is 15.1. The first-order valence-corrected chi connectivity index (χ1v) is 9.11. The summed E-state index contributed by atoms with van der Waals surface area (Å²) >= 11 is 6.15. The molecule has 0 bridgehead atoms. The van der Waals surface area contributed by atoms with Crippen molar-refractivity contribution in [2.45, 2.75) is 26.7 Å². The number of aromatic nitrogens is 1. The molecule has 26 heavy (non-hydrogen) atoms. The number of esters is 1. The largest absolute Gasteiger partial charge is 0.462 e. The second-order valence-corrected chi connectivity index (χ2v) is 6.68. The molecule has 0 amide bonds. The van der Waals surface area contributed by atoms with Crippen LogP contribution < -0.4 is 10.3 Å². The lowest BCUT2D eigenvalue weighted by atomic mass is 10.1. The standard InChI is InChI=1S/C21H21ClN2O2/c1-3-4-11-26-21(25)15-5-8-17(9-6-15)24-20-12-14(2)23-19-10-7-16(22)13-18(19)20/h5-10,12-13H,3-4,11H2,1-2H3,(H,23,24)/p+1. The first-order chi connectivity index (χ1) is 12.6. The molecule has 0 saturated heterocycles. The topological polar surface area (TPSA) is 52.5 Å². The number of benzene rings is 2. The summed E-state index contributed by atoms with van der Waals surface area (Å²) in [7, 11) is 0. The number of aromatic amines is 1. The second kappa shape index (κ2) is 8.19. The summed E-state index contributed by atoms with van der Waals surface area (Å²) < 4.78 is 5.24. The van der Waals surface area contributed by atoms with Crippen molar-refractivity contribution in [1.29, 1.82) is 0 Å². The maximum Gasteiger partial charge on any atom is 0.338 e. The van der Waals surface area contributed by atoms with E-state index in [-0.39, 0.29) is 5.97 Å². The van der Waals surface area contributed by atoms with Gasteiger partial charge in [-0.05, 0) is 42.8 Å². The van der Waals surface area contributed by atoms with Gasteiger partial charge in [0, 0.05) is 29.8 Å². The molecule has 0 saturated carbocycles. The number of aryl methyl sites for hydroxylation is 1. The molecule has 3 aromatic rings. The van der Waals surface area contributed by atoms with Gasteiger partial charge in [0.15, 0.2) is 5.69 Å². The third kappa shape index (κ3) is 4.33. The van der Waals surface area contributed by atoms with E-state index < -0.39 is 0 Å². The maximum atomic E-state index is 12.0. The van der Waals surface area contributed by atoms with Crippen LogP contribution in [0, 0.1) is 6.92 Å². The SMILES string of the molecule is CCCCOC(=O)c1ccc(Nc2cc(C)[nH+]c3ccc(Cl)cc23)cc1. The monoisotopic (exact) mass is 369 g/mol. The second-order valence-electron chi connectivity index (χ2n) is 6.25. The van der Waals surface area contributed by atoms with E-state index in [0.717, 1.165) is 40.8 Å². The molecule has 134 valence electrons. The molecule has 0 radical (unpaired) electrons. The van der Waals surface area contributed by atoms with Gasteiger partial charge in [0.25, 0.3) is 0 Å². The smallest absolute Gasteiger partial charge is 0.338 e. The number of carbonyl (C=O) groups is 1. The summed E-state index contributed by atoms with van der Waals surface area (Å²) in [5.74, 6) is -0.285. The van der Waals surface area contributed by atoms with Crippen LogP contribution in [0.25, 0.3) is 10.9 Å². The molecular formula is C21H22ClN2O2+. The molecule has 0 aliphatic carbocycles. The third-order valence-corrected chi connectivity index (χ3v) is 4.33. The summed E-state index contributed by atoms with van der Waals surface area (Å²) in [6.45, 7) is 4.53. The molecule has 0 aliphatic heterocycles. The fourth-order valence-electron chi connectivity index (χ4n) is 2.73. The van der Waals surface area contributed by atoms with Gasteiger partial charge < -0.3 is 10.1 Å². The number of unbranched alkanes of at least 4 members (excludes halogenated alkanes) is 1. The zero-order chi connectivity index (χ0) is 18.5. The van der Waals surface area contributed by atoms with E-state index >= 15 is 0 Å². The Bertz CT molecular complexity index is 923. The minimum Gasteiger partial charge on any atom is -0.462 e. The number of pyridine rings is 1. The predicted octanol–water partition coefficient (Wildman–Crippen LogP) is 5.32. The van der Waals surface area contributed by atoms with Gasteiger partial charge in [-0.3, -0.25) is 0 Å². The molecule has 5 heteroatoms. The highest BCUT2D eigenvalue weighted by Gasteiger charge is 2.11. The number of hydrogen-bond acceptors (Lipinski definition) is 3. The van der Waals surface area contributed by atoms with Crippen molar-refractivity contribution in [3.63, 3.8) is 0 Å². The molecule has 0 spiro atoms. The van der Waals surface area contributed by atoms with Gasteiger partial charge in [0.1, 0.15) is 0 Å². The zero-order valence-corrected chi connectivity index (χ0v) is 15.7. The Kier molecular flexibility index (Phi) is 5.74. The fraction of sp³-hybridized carbons (Fsp3) is 0.238. The van der Waals surface area contributed by atoms with Crippen LogP contribution in [0.1, 0.15) is 35.8 Å². The van der Waals surface area contributed by atoms with Crippen molar-refractivity contribution in [2.24, 2.45) is 0 Å². The summed E-state index contributed by atoms with van der Waals surface area (Å²) in [6.07, 6.45) is 1.88. The Balaban J connectivity index is 1.80. The minimum atomic E-state index is -0.285. The first-order valence-electron chi connectivity index (χ1n) is 8.73. The number of halogens is 1. The van der Waals surface area contributed by atoms with Crippen LogP contribution in [0.4, 0.5) is 11.4 Å². The van der Waals surface area contributed by atoms with Crippen LogP contribution in [0.3, 0.4) is 0 Å². The fourth-order valence-corrected chi connectivity index (χ4v) is 2.90. The predicted molar refractivity (Wildman–Crippen MR) is 105 cm³/mol. The van der Waals surface area contributed by atoms with Gasteiger partial charge in [-0.2, -0.15) is 0 Å². The highest BCUT2D eigenvalue weighted by Crippen LogP contribution is 2.27. The highest BCUT2D eigenvalue weighted by atomic mass is 35.5. The molecule has 1 aromatic heterocycles. The van der Waals surface area contributed by atoms with Crippen LogP contribution in [0.2, 0.25) is 5.02 Å². The van der Waals surface area contributed by atoms with Crippen molar-refractivity contribution >= 4 is 39.8 Å². The summed E-state index contributed by atoms with van der Waals surface area (Å²) in [5.41, 5.74) is 4.45. The molecule has 2 aromatic carbocycles. The molecule has 1 heterocycles. The molecule has 0 fully saturated rings. The number of rotatable bonds is 6. The lowest BCUT2D eigenvalue weighted by Gasteiger charge is -2.10. The first kappa shape index (κ1) is 18.2. The van der Waals surface area contributed by atoms with Crippen LogP contribution in [-0.4, -0.2) is 12.6 Å². The van der Waals surface area contributed by atoms with Crippen molar-refractivity contribution in [3.05, 3.63) is 64.8 Å². The van der Waals surface area contributed by atoms with Gasteiger partial charge in [0.05, 0.1) is 23.2 Å². The van der Waals surface area contributed by atoms with E-state index in [4.69, 9.17) is 16.3 Å². The van der Waals surface area contributed by atoms with Crippen molar-refractivity contribution < 1.29 is 14.5 Å². The number of hydrogen-bond donors (Lipinski definition) is 1. The quantitative estimate of drug-likeness (QED) is 0.472. The van der Waals surface area contributed by atoms with Crippen LogP contribution in [-0.2, 0) is 4.74 Å². The summed E-state index contributed by atoms with van der Waals surface area (Å²) in [5, 5.41) is 5.09. The van der Waals surface area contributed by atoms with E-state index in [1.807, 2.05) is 43.3 Å². The Labute approximate surface area is 158 Å². The lowest BCUT2D eigenvalue weighted by Crippen LogP contribution is -2.10. The molecule has 4 nitrogen and oxygen atoms in total.